The summed E-state index contributed by atoms with van der Waals surface area (Å²) in [4.78, 5) is 8.52. The standard InChI is InChI=1S/C19H21N5O/c25-17-7-4-15(5-8-17)22-18-9-10-19-21-13-16(24(19)23-18)6-3-14-2-1-11-20-12-14/h1-3,6,9-13,15,17,25H,4-5,7-8H2,(H,22,23)/t15-,17-. The van der Waals surface area contributed by atoms with Crippen molar-refractivity contribution in [3.63, 3.8) is 0 Å². The zero-order valence-electron chi connectivity index (χ0n) is 13.9. The average Bonchev–Trinajstić information content (AvgIpc) is 3.05. The summed E-state index contributed by atoms with van der Waals surface area (Å²) in [6.45, 7) is 0. The van der Waals surface area contributed by atoms with Gasteiger partial charge in [0.05, 0.1) is 18.0 Å². The van der Waals surface area contributed by atoms with Crippen molar-refractivity contribution in [1.82, 2.24) is 19.6 Å². The van der Waals surface area contributed by atoms with Crippen LogP contribution in [0.3, 0.4) is 0 Å². The third-order valence-electron chi connectivity index (χ3n) is 4.57. The Kier molecular flexibility index (Phi) is 4.43. The smallest absolute Gasteiger partial charge is 0.154 e. The van der Waals surface area contributed by atoms with Crippen molar-refractivity contribution in [2.75, 3.05) is 5.32 Å². The fraction of sp³-hybridized carbons (Fsp3) is 0.316. The average molecular weight is 335 g/mol. The van der Waals surface area contributed by atoms with Gasteiger partial charge in [0.15, 0.2) is 5.65 Å². The molecule has 128 valence electrons. The molecule has 1 aliphatic rings. The van der Waals surface area contributed by atoms with E-state index in [4.69, 9.17) is 0 Å². The molecule has 3 aromatic rings. The van der Waals surface area contributed by atoms with Crippen LogP contribution in [0.2, 0.25) is 0 Å². The van der Waals surface area contributed by atoms with Crippen molar-refractivity contribution < 1.29 is 5.11 Å². The summed E-state index contributed by atoms with van der Waals surface area (Å²) in [7, 11) is 0. The van der Waals surface area contributed by atoms with Gasteiger partial charge in [0.2, 0.25) is 0 Å². The van der Waals surface area contributed by atoms with Crippen LogP contribution < -0.4 is 5.32 Å². The third-order valence-corrected chi connectivity index (χ3v) is 4.57. The highest BCUT2D eigenvalue weighted by atomic mass is 16.3. The second-order valence-corrected chi connectivity index (χ2v) is 6.44. The molecule has 2 N–H and O–H groups in total. The molecular formula is C19H21N5O. The molecule has 0 atom stereocenters. The zero-order valence-corrected chi connectivity index (χ0v) is 13.9. The molecule has 3 heterocycles. The second-order valence-electron chi connectivity index (χ2n) is 6.44. The minimum absolute atomic E-state index is 0.147. The minimum Gasteiger partial charge on any atom is -0.393 e. The van der Waals surface area contributed by atoms with Gasteiger partial charge in [-0.25, -0.2) is 9.50 Å². The molecule has 4 rings (SSSR count). The van der Waals surface area contributed by atoms with Gasteiger partial charge >= 0.3 is 0 Å². The molecule has 0 unspecified atom stereocenters. The van der Waals surface area contributed by atoms with Gasteiger partial charge in [-0.3, -0.25) is 4.98 Å². The number of fused-ring (bicyclic) bond motifs is 1. The lowest BCUT2D eigenvalue weighted by atomic mass is 9.93. The van der Waals surface area contributed by atoms with E-state index in [0.29, 0.717) is 6.04 Å². The molecular weight excluding hydrogens is 314 g/mol. The Balaban J connectivity index is 1.54. The van der Waals surface area contributed by atoms with Gasteiger partial charge in [-0.2, -0.15) is 0 Å². The summed E-state index contributed by atoms with van der Waals surface area (Å²) in [6.07, 6.45) is 12.9. The van der Waals surface area contributed by atoms with Gasteiger partial charge in [0.1, 0.15) is 5.82 Å². The minimum atomic E-state index is -0.147. The summed E-state index contributed by atoms with van der Waals surface area (Å²) < 4.78 is 1.84. The first-order chi connectivity index (χ1) is 12.3. The van der Waals surface area contributed by atoms with E-state index in [2.05, 4.69) is 20.4 Å². The van der Waals surface area contributed by atoms with E-state index in [1.165, 1.54) is 0 Å². The van der Waals surface area contributed by atoms with Crippen molar-refractivity contribution in [2.24, 2.45) is 0 Å². The Hall–Kier alpha value is -2.73. The van der Waals surface area contributed by atoms with Crippen LogP contribution in [0.15, 0.2) is 42.9 Å². The molecule has 0 saturated heterocycles. The number of aliphatic hydroxyl groups is 1. The Labute approximate surface area is 146 Å². The van der Waals surface area contributed by atoms with Crippen LogP contribution in [0.4, 0.5) is 5.82 Å². The molecule has 0 spiro atoms. The second kappa shape index (κ2) is 7.03. The summed E-state index contributed by atoms with van der Waals surface area (Å²) in [5.74, 6) is 0.836. The maximum absolute atomic E-state index is 9.63. The third kappa shape index (κ3) is 3.69. The molecule has 1 aliphatic carbocycles. The number of hydrogen-bond donors (Lipinski definition) is 2. The lowest BCUT2D eigenvalue weighted by Crippen LogP contribution is -2.28. The number of nitrogens with one attached hydrogen (secondary N) is 1. The van der Waals surface area contributed by atoms with Crippen molar-refractivity contribution >= 4 is 23.6 Å². The SMILES string of the molecule is O[C@H]1CC[C@H](Nc2ccc3ncc(C=Cc4cccnc4)n3n2)CC1. The first-order valence-corrected chi connectivity index (χ1v) is 8.65. The van der Waals surface area contributed by atoms with E-state index >= 15 is 0 Å². The van der Waals surface area contributed by atoms with Crippen LogP contribution >= 0.6 is 0 Å². The number of rotatable bonds is 4. The van der Waals surface area contributed by atoms with Gasteiger partial charge in [-0.05, 0) is 55.5 Å². The van der Waals surface area contributed by atoms with Gasteiger partial charge in [0, 0.05) is 18.4 Å². The molecule has 6 heteroatoms. The summed E-state index contributed by atoms with van der Waals surface area (Å²) in [5, 5.41) is 17.8. The normalized spacial score (nSPS) is 21.0. The van der Waals surface area contributed by atoms with Crippen molar-refractivity contribution in [1.29, 1.82) is 0 Å². The Morgan fingerprint density at radius 3 is 2.76 bits per heavy atom. The van der Waals surface area contributed by atoms with E-state index in [0.717, 1.165) is 48.4 Å². The molecule has 0 amide bonds. The zero-order chi connectivity index (χ0) is 17.1. The number of imidazole rings is 1. The van der Waals surface area contributed by atoms with Gasteiger partial charge in [0.25, 0.3) is 0 Å². The molecule has 0 aromatic carbocycles. The largest absolute Gasteiger partial charge is 0.393 e. The van der Waals surface area contributed by atoms with Crippen LogP contribution in [-0.2, 0) is 0 Å². The van der Waals surface area contributed by atoms with Crippen LogP contribution in [0.25, 0.3) is 17.8 Å². The fourth-order valence-corrected chi connectivity index (χ4v) is 3.17. The molecule has 1 saturated carbocycles. The maximum Gasteiger partial charge on any atom is 0.154 e. The van der Waals surface area contributed by atoms with Crippen molar-refractivity contribution in [3.05, 3.63) is 54.1 Å². The number of aromatic nitrogens is 4. The maximum atomic E-state index is 9.63. The van der Waals surface area contributed by atoms with Crippen LogP contribution in [0, 0.1) is 0 Å². The molecule has 0 radical (unpaired) electrons. The number of anilines is 1. The van der Waals surface area contributed by atoms with Crippen LogP contribution in [-0.4, -0.2) is 36.8 Å². The monoisotopic (exact) mass is 335 g/mol. The van der Waals surface area contributed by atoms with Gasteiger partial charge in [-0.1, -0.05) is 12.1 Å². The molecule has 6 nitrogen and oxygen atoms in total. The highest BCUT2D eigenvalue weighted by Crippen LogP contribution is 2.21. The lowest BCUT2D eigenvalue weighted by Gasteiger charge is -2.26. The number of nitrogens with zero attached hydrogens (tertiary/aromatic N) is 4. The topological polar surface area (TPSA) is 75.3 Å². The molecule has 0 aliphatic heterocycles. The Bertz CT molecular complexity index is 866. The number of pyridine rings is 1. The fourth-order valence-electron chi connectivity index (χ4n) is 3.17. The lowest BCUT2D eigenvalue weighted by molar-refractivity contribution is 0.126. The van der Waals surface area contributed by atoms with Crippen molar-refractivity contribution in [3.8, 4) is 0 Å². The molecule has 1 fully saturated rings. The van der Waals surface area contributed by atoms with Gasteiger partial charge < -0.3 is 10.4 Å². The summed E-state index contributed by atoms with van der Waals surface area (Å²) >= 11 is 0. The van der Waals surface area contributed by atoms with E-state index in [9.17, 15) is 5.11 Å². The van der Waals surface area contributed by atoms with E-state index in [1.54, 1.807) is 6.20 Å². The predicted molar refractivity (Wildman–Crippen MR) is 98.0 cm³/mol. The highest BCUT2D eigenvalue weighted by molar-refractivity contribution is 5.68. The number of aliphatic hydroxyl groups excluding tert-OH is 1. The molecule has 25 heavy (non-hydrogen) atoms. The Morgan fingerprint density at radius 2 is 1.96 bits per heavy atom. The van der Waals surface area contributed by atoms with Crippen LogP contribution in [0.1, 0.15) is 36.9 Å². The van der Waals surface area contributed by atoms with Crippen molar-refractivity contribution in [2.45, 2.75) is 37.8 Å². The quantitative estimate of drug-likeness (QED) is 0.766. The van der Waals surface area contributed by atoms with E-state index < -0.39 is 0 Å². The van der Waals surface area contributed by atoms with E-state index in [1.807, 2.05) is 53.3 Å². The number of hydrogen-bond acceptors (Lipinski definition) is 5. The Morgan fingerprint density at radius 1 is 1.08 bits per heavy atom. The summed E-state index contributed by atoms with van der Waals surface area (Å²) in [6, 6.07) is 8.21. The highest BCUT2D eigenvalue weighted by Gasteiger charge is 2.19. The van der Waals surface area contributed by atoms with Crippen LogP contribution in [0.5, 0.6) is 0 Å². The molecule has 3 aromatic heterocycles. The first kappa shape index (κ1) is 15.8. The van der Waals surface area contributed by atoms with E-state index in [-0.39, 0.29) is 6.10 Å². The summed E-state index contributed by atoms with van der Waals surface area (Å²) in [5.41, 5.74) is 2.77. The molecule has 0 bridgehead atoms. The predicted octanol–water partition coefficient (Wildman–Crippen LogP) is 3.01. The van der Waals surface area contributed by atoms with Gasteiger partial charge in [-0.15, -0.1) is 5.10 Å². The first-order valence-electron chi connectivity index (χ1n) is 8.65.